The van der Waals surface area contributed by atoms with Gasteiger partial charge in [-0.15, -0.1) is 0 Å². The first-order chi connectivity index (χ1) is 13.7. The van der Waals surface area contributed by atoms with Crippen molar-refractivity contribution in [3.8, 4) is 0 Å². The van der Waals surface area contributed by atoms with E-state index in [-0.39, 0.29) is 0 Å². The minimum absolute atomic E-state index is 0.462. The number of para-hydroxylation sites is 1. The summed E-state index contributed by atoms with van der Waals surface area (Å²) in [6, 6.07) is 17.9. The molecule has 6 nitrogen and oxygen atoms in total. The van der Waals surface area contributed by atoms with Crippen LogP contribution >= 0.6 is 0 Å². The van der Waals surface area contributed by atoms with E-state index in [0.29, 0.717) is 18.8 Å². The number of nitrogens with one attached hydrogen (secondary N) is 1. The van der Waals surface area contributed by atoms with Crippen LogP contribution < -0.4 is 15.1 Å². The van der Waals surface area contributed by atoms with Crippen molar-refractivity contribution in [2.45, 2.75) is 12.8 Å². The molecular formula is C22H26N4O2. The van der Waals surface area contributed by atoms with Gasteiger partial charge in [-0.2, -0.15) is 0 Å². The molecule has 0 bridgehead atoms. The van der Waals surface area contributed by atoms with Crippen LogP contribution in [0.3, 0.4) is 0 Å². The molecule has 0 saturated carbocycles. The number of hydrogen-bond acceptors (Lipinski definition) is 4. The lowest BCUT2D eigenvalue weighted by Gasteiger charge is -2.35. The van der Waals surface area contributed by atoms with E-state index in [1.165, 1.54) is 18.5 Å². The van der Waals surface area contributed by atoms with Crippen molar-refractivity contribution >= 4 is 28.9 Å². The van der Waals surface area contributed by atoms with E-state index in [0.717, 1.165) is 31.9 Å². The molecule has 6 heteroatoms. The number of carbonyl (C=O) groups excluding carboxylic acids is 2. The minimum Gasteiger partial charge on any atom is -0.372 e. The zero-order chi connectivity index (χ0) is 19.3. The van der Waals surface area contributed by atoms with Crippen LogP contribution in [0, 0.1) is 0 Å². The molecule has 146 valence electrons. The molecule has 2 saturated heterocycles. The van der Waals surface area contributed by atoms with Gasteiger partial charge < -0.3 is 20.0 Å². The lowest BCUT2D eigenvalue weighted by Crippen LogP contribution is -2.51. The van der Waals surface area contributed by atoms with Gasteiger partial charge in [-0.25, -0.2) is 0 Å². The lowest BCUT2D eigenvalue weighted by atomic mass is 10.2. The van der Waals surface area contributed by atoms with Crippen LogP contribution in [0.4, 0.5) is 17.1 Å². The van der Waals surface area contributed by atoms with Crippen LogP contribution in [0.5, 0.6) is 0 Å². The first kappa shape index (κ1) is 18.3. The first-order valence-electron chi connectivity index (χ1n) is 9.96. The van der Waals surface area contributed by atoms with Crippen molar-refractivity contribution in [1.82, 2.24) is 4.90 Å². The van der Waals surface area contributed by atoms with Gasteiger partial charge in [-0.05, 0) is 49.2 Å². The van der Waals surface area contributed by atoms with Gasteiger partial charge in [0.25, 0.3) is 0 Å². The molecule has 0 radical (unpaired) electrons. The SMILES string of the molecule is O=C(Nc1ccc(N2CCCC2)cc1)C(=O)N1CCN(c2ccccc2)CC1. The molecule has 2 aromatic carbocycles. The van der Waals surface area contributed by atoms with E-state index in [1.807, 2.05) is 42.5 Å². The summed E-state index contributed by atoms with van der Waals surface area (Å²) in [5, 5.41) is 2.74. The zero-order valence-electron chi connectivity index (χ0n) is 16.0. The Hall–Kier alpha value is -3.02. The quantitative estimate of drug-likeness (QED) is 0.834. The highest BCUT2D eigenvalue weighted by molar-refractivity contribution is 6.39. The number of amides is 2. The highest BCUT2D eigenvalue weighted by Gasteiger charge is 2.26. The maximum absolute atomic E-state index is 12.5. The Morgan fingerprint density at radius 2 is 1.25 bits per heavy atom. The molecule has 0 spiro atoms. The Morgan fingerprint density at radius 1 is 0.679 bits per heavy atom. The fraction of sp³-hybridized carbons (Fsp3) is 0.364. The summed E-state index contributed by atoms with van der Waals surface area (Å²) in [6.45, 7) is 4.73. The third kappa shape index (κ3) is 4.11. The van der Waals surface area contributed by atoms with Crippen molar-refractivity contribution in [2.75, 3.05) is 54.4 Å². The minimum atomic E-state index is -0.568. The predicted molar refractivity (Wildman–Crippen MR) is 112 cm³/mol. The van der Waals surface area contributed by atoms with Crippen LogP contribution in [-0.4, -0.2) is 56.0 Å². The molecule has 28 heavy (non-hydrogen) atoms. The van der Waals surface area contributed by atoms with E-state index >= 15 is 0 Å². The molecule has 2 heterocycles. The van der Waals surface area contributed by atoms with Gasteiger partial charge in [0.15, 0.2) is 0 Å². The van der Waals surface area contributed by atoms with Crippen LogP contribution in [0.2, 0.25) is 0 Å². The number of hydrogen-bond donors (Lipinski definition) is 1. The highest BCUT2D eigenvalue weighted by Crippen LogP contribution is 2.22. The van der Waals surface area contributed by atoms with Gasteiger partial charge >= 0.3 is 11.8 Å². The predicted octanol–water partition coefficient (Wildman–Crippen LogP) is 2.57. The number of rotatable bonds is 3. The van der Waals surface area contributed by atoms with Crippen molar-refractivity contribution in [3.05, 3.63) is 54.6 Å². The van der Waals surface area contributed by atoms with Crippen molar-refractivity contribution in [2.24, 2.45) is 0 Å². The molecule has 1 N–H and O–H groups in total. The Labute approximate surface area is 165 Å². The Morgan fingerprint density at radius 3 is 1.89 bits per heavy atom. The average Bonchev–Trinajstić information content (AvgIpc) is 3.29. The van der Waals surface area contributed by atoms with Crippen LogP contribution in [0.15, 0.2) is 54.6 Å². The number of anilines is 3. The van der Waals surface area contributed by atoms with E-state index in [1.54, 1.807) is 4.90 Å². The first-order valence-corrected chi connectivity index (χ1v) is 9.96. The smallest absolute Gasteiger partial charge is 0.313 e. The second-order valence-electron chi connectivity index (χ2n) is 7.31. The van der Waals surface area contributed by atoms with Gasteiger partial charge in [0.05, 0.1) is 0 Å². The topological polar surface area (TPSA) is 55.9 Å². The number of nitrogens with zero attached hydrogens (tertiary/aromatic N) is 3. The molecule has 4 rings (SSSR count). The second kappa shape index (κ2) is 8.33. The molecule has 2 fully saturated rings. The summed E-state index contributed by atoms with van der Waals surface area (Å²) < 4.78 is 0. The van der Waals surface area contributed by atoms with Crippen LogP contribution in [0.25, 0.3) is 0 Å². The van der Waals surface area contributed by atoms with Gasteiger partial charge in [-0.3, -0.25) is 9.59 Å². The summed E-state index contributed by atoms with van der Waals surface area (Å²) >= 11 is 0. The largest absolute Gasteiger partial charge is 0.372 e. The van der Waals surface area contributed by atoms with Gasteiger partial charge in [0.2, 0.25) is 0 Å². The van der Waals surface area contributed by atoms with E-state index < -0.39 is 11.8 Å². The van der Waals surface area contributed by atoms with Crippen molar-refractivity contribution < 1.29 is 9.59 Å². The van der Waals surface area contributed by atoms with E-state index in [4.69, 9.17) is 0 Å². The second-order valence-corrected chi connectivity index (χ2v) is 7.31. The summed E-state index contributed by atoms with van der Waals surface area (Å²) in [5.74, 6) is -1.03. The summed E-state index contributed by atoms with van der Waals surface area (Å²) in [7, 11) is 0. The normalized spacial score (nSPS) is 16.9. The summed E-state index contributed by atoms with van der Waals surface area (Å²) in [6.07, 6.45) is 2.45. The van der Waals surface area contributed by atoms with E-state index in [9.17, 15) is 9.59 Å². The third-order valence-electron chi connectivity index (χ3n) is 5.48. The fourth-order valence-electron chi connectivity index (χ4n) is 3.87. The van der Waals surface area contributed by atoms with Gasteiger partial charge in [0.1, 0.15) is 0 Å². The highest BCUT2D eigenvalue weighted by atomic mass is 16.2. The molecule has 2 aliphatic heterocycles. The van der Waals surface area contributed by atoms with Crippen molar-refractivity contribution in [3.63, 3.8) is 0 Å². The monoisotopic (exact) mass is 378 g/mol. The number of piperazine rings is 1. The maximum atomic E-state index is 12.5. The molecule has 2 amide bonds. The number of benzene rings is 2. The maximum Gasteiger partial charge on any atom is 0.313 e. The fourth-order valence-corrected chi connectivity index (χ4v) is 3.87. The molecular weight excluding hydrogens is 352 g/mol. The summed E-state index contributed by atoms with van der Waals surface area (Å²) in [4.78, 5) is 31.1. The molecule has 0 atom stereocenters. The Balaban J connectivity index is 1.29. The van der Waals surface area contributed by atoms with Crippen LogP contribution in [0.1, 0.15) is 12.8 Å². The third-order valence-corrected chi connectivity index (χ3v) is 5.48. The Bertz CT molecular complexity index is 808. The molecule has 0 unspecified atom stereocenters. The molecule has 0 aliphatic carbocycles. The summed E-state index contributed by atoms with van der Waals surface area (Å²) in [5.41, 5.74) is 2.97. The molecule has 0 aromatic heterocycles. The van der Waals surface area contributed by atoms with Gasteiger partial charge in [0, 0.05) is 56.3 Å². The van der Waals surface area contributed by atoms with E-state index in [2.05, 4.69) is 27.2 Å². The lowest BCUT2D eigenvalue weighted by molar-refractivity contribution is -0.143. The van der Waals surface area contributed by atoms with Crippen molar-refractivity contribution in [1.29, 1.82) is 0 Å². The average molecular weight is 378 g/mol. The number of carbonyl (C=O) groups is 2. The Kier molecular flexibility index (Phi) is 5.46. The van der Waals surface area contributed by atoms with Gasteiger partial charge in [-0.1, -0.05) is 18.2 Å². The standard InChI is InChI=1S/C22H26N4O2/c27-21(23-18-8-10-20(11-9-18)24-12-4-5-13-24)22(28)26-16-14-25(15-17-26)19-6-2-1-3-7-19/h1-3,6-11H,4-5,12-17H2,(H,23,27). The molecule has 2 aliphatic rings. The molecule has 2 aromatic rings. The zero-order valence-corrected chi connectivity index (χ0v) is 16.0. The van der Waals surface area contributed by atoms with Crippen LogP contribution in [-0.2, 0) is 9.59 Å².